The summed E-state index contributed by atoms with van der Waals surface area (Å²) in [6.45, 7) is 11.0. The minimum Gasteiger partial charge on any atom is -0.456 e. The molecule has 2 fully saturated rings. The Morgan fingerprint density at radius 3 is 2.70 bits per heavy atom. The Bertz CT molecular complexity index is 841. The molecule has 0 radical (unpaired) electrons. The lowest BCUT2D eigenvalue weighted by Crippen LogP contribution is -2.45. The number of likely N-dealkylation sites (tertiary alicyclic amines) is 2. The first-order chi connectivity index (χ1) is 12.9. The van der Waals surface area contributed by atoms with Crippen molar-refractivity contribution >= 4 is 5.91 Å². The number of benzene rings is 1. The van der Waals surface area contributed by atoms with E-state index in [1.54, 1.807) is 0 Å². The number of rotatable bonds is 3. The second kappa shape index (κ2) is 7.16. The Balaban J connectivity index is 1.43. The first-order valence-electron chi connectivity index (χ1n) is 10.1. The maximum Gasteiger partial charge on any atom is 0.289 e. The summed E-state index contributed by atoms with van der Waals surface area (Å²) >= 11 is 0. The van der Waals surface area contributed by atoms with Crippen molar-refractivity contribution in [1.29, 1.82) is 0 Å². The third kappa shape index (κ3) is 3.81. The zero-order valence-corrected chi connectivity index (χ0v) is 16.8. The standard InChI is InChI=1S/C23H30N2O2/c1-17-6-4-7-20(12-17)14-24-10-5-8-23(15-24)9-11-25(16-23)22(26)21-18(2)13-19(3)27-21/h4,6-7,12-13H,5,8-11,14-16H2,1-3H3/t23-/m1/s1. The van der Waals surface area contributed by atoms with E-state index in [-0.39, 0.29) is 11.3 Å². The highest BCUT2D eigenvalue weighted by atomic mass is 16.4. The van der Waals surface area contributed by atoms with E-state index < -0.39 is 0 Å². The molecule has 0 bridgehead atoms. The molecule has 2 aromatic rings. The van der Waals surface area contributed by atoms with Crippen LogP contribution in [0.4, 0.5) is 0 Å². The number of hydrogen-bond acceptors (Lipinski definition) is 3. The molecule has 2 aliphatic heterocycles. The van der Waals surface area contributed by atoms with Gasteiger partial charge in [-0.1, -0.05) is 29.8 Å². The first-order valence-corrected chi connectivity index (χ1v) is 10.1. The SMILES string of the molecule is Cc1cccc(CN2CCC[C@@]3(CCN(C(=O)c4oc(C)cc4C)C3)C2)c1. The normalized spacial score (nSPS) is 23.3. The van der Waals surface area contributed by atoms with Gasteiger partial charge in [0.15, 0.2) is 5.76 Å². The maximum absolute atomic E-state index is 12.9. The second-order valence-corrected chi connectivity index (χ2v) is 8.65. The Labute approximate surface area is 162 Å². The van der Waals surface area contributed by atoms with Crippen LogP contribution in [0, 0.1) is 26.2 Å². The van der Waals surface area contributed by atoms with Crippen LogP contribution in [-0.2, 0) is 6.54 Å². The minimum atomic E-state index is 0.0632. The van der Waals surface area contributed by atoms with Gasteiger partial charge in [0.05, 0.1) is 0 Å². The number of nitrogens with zero attached hydrogens (tertiary/aromatic N) is 2. The lowest BCUT2D eigenvalue weighted by molar-refractivity contribution is 0.0649. The van der Waals surface area contributed by atoms with Crippen LogP contribution < -0.4 is 0 Å². The quantitative estimate of drug-likeness (QED) is 0.811. The maximum atomic E-state index is 12.9. The van der Waals surface area contributed by atoms with Crippen LogP contribution in [0.3, 0.4) is 0 Å². The largest absolute Gasteiger partial charge is 0.456 e. The molecule has 1 aromatic heterocycles. The average molecular weight is 367 g/mol. The van der Waals surface area contributed by atoms with Gasteiger partial charge in [0, 0.05) is 37.2 Å². The number of aryl methyl sites for hydroxylation is 3. The van der Waals surface area contributed by atoms with Crippen molar-refractivity contribution in [2.45, 2.75) is 46.6 Å². The molecular formula is C23H30N2O2. The fourth-order valence-corrected chi connectivity index (χ4v) is 4.95. The van der Waals surface area contributed by atoms with E-state index in [1.807, 2.05) is 24.8 Å². The molecule has 3 heterocycles. The van der Waals surface area contributed by atoms with Gasteiger partial charge in [0.1, 0.15) is 5.76 Å². The summed E-state index contributed by atoms with van der Waals surface area (Å²) in [5.41, 5.74) is 3.90. The molecule has 1 spiro atoms. The van der Waals surface area contributed by atoms with Crippen LogP contribution in [0.15, 0.2) is 34.7 Å². The van der Waals surface area contributed by atoms with Crippen molar-refractivity contribution in [3.8, 4) is 0 Å². The number of carbonyl (C=O) groups excluding carboxylic acids is 1. The minimum absolute atomic E-state index is 0.0632. The first kappa shape index (κ1) is 18.3. The van der Waals surface area contributed by atoms with Crippen molar-refractivity contribution in [2.24, 2.45) is 5.41 Å². The Morgan fingerprint density at radius 1 is 1.11 bits per heavy atom. The molecule has 0 saturated carbocycles. The summed E-state index contributed by atoms with van der Waals surface area (Å²) in [7, 11) is 0. The van der Waals surface area contributed by atoms with E-state index in [4.69, 9.17) is 4.42 Å². The zero-order chi connectivity index (χ0) is 19.0. The predicted molar refractivity (Wildman–Crippen MR) is 107 cm³/mol. The molecule has 4 nitrogen and oxygen atoms in total. The molecule has 2 saturated heterocycles. The zero-order valence-electron chi connectivity index (χ0n) is 16.8. The van der Waals surface area contributed by atoms with E-state index in [0.29, 0.717) is 5.76 Å². The number of hydrogen-bond donors (Lipinski definition) is 0. The van der Waals surface area contributed by atoms with Gasteiger partial charge in [-0.15, -0.1) is 0 Å². The van der Waals surface area contributed by atoms with Crippen molar-refractivity contribution in [3.05, 3.63) is 58.5 Å². The predicted octanol–water partition coefficient (Wildman–Crippen LogP) is 4.33. The van der Waals surface area contributed by atoms with Crippen molar-refractivity contribution in [3.63, 3.8) is 0 Å². The van der Waals surface area contributed by atoms with Crippen LogP contribution in [0.5, 0.6) is 0 Å². The van der Waals surface area contributed by atoms with Gasteiger partial charge in [-0.2, -0.15) is 0 Å². The molecule has 0 aliphatic carbocycles. The molecule has 0 N–H and O–H groups in total. The number of carbonyl (C=O) groups is 1. The Hall–Kier alpha value is -2.07. The third-order valence-corrected chi connectivity index (χ3v) is 6.19. The number of piperidine rings is 1. The monoisotopic (exact) mass is 366 g/mol. The number of furan rings is 1. The van der Waals surface area contributed by atoms with Gasteiger partial charge in [-0.05, 0) is 58.2 Å². The molecular weight excluding hydrogens is 336 g/mol. The van der Waals surface area contributed by atoms with Crippen LogP contribution in [0.25, 0.3) is 0 Å². The summed E-state index contributed by atoms with van der Waals surface area (Å²) < 4.78 is 5.67. The molecule has 2 aliphatic rings. The summed E-state index contributed by atoms with van der Waals surface area (Å²) in [6.07, 6.45) is 3.53. The van der Waals surface area contributed by atoms with Crippen molar-refractivity contribution in [1.82, 2.24) is 9.80 Å². The Kier molecular flexibility index (Phi) is 4.85. The molecule has 1 atom stereocenters. The van der Waals surface area contributed by atoms with Gasteiger partial charge in [0.25, 0.3) is 5.91 Å². The van der Waals surface area contributed by atoms with E-state index in [2.05, 4.69) is 36.1 Å². The van der Waals surface area contributed by atoms with Gasteiger partial charge >= 0.3 is 0 Å². The summed E-state index contributed by atoms with van der Waals surface area (Å²) in [5.74, 6) is 1.40. The smallest absolute Gasteiger partial charge is 0.289 e. The van der Waals surface area contributed by atoms with E-state index in [9.17, 15) is 4.79 Å². The average Bonchev–Trinajstić information content (AvgIpc) is 3.17. The highest BCUT2D eigenvalue weighted by Crippen LogP contribution is 2.40. The van der Waals surface area contributed by atoms with Crippen LogP contribution >= 0.6 is 0 Å². The van der Waals surface area contributed by atoms with E-state index in [1.165, 1.54) is 24.0 Å². The lowest BCUT2D eigenvalue weighted by atomic mass is 9.79. The summed E-state index contributed by atoms with van der Waals surface area (Å²) in [4.78, 5) is 17.5. The topological polar surface area (TPSA) is 36.7 Å². The lowest BCUT2D eigenvalue weighted by Gasteiger charge is -2.40. The summed E-state index contributed by atoms with van der Waals surface area (Å²) in [6, 6.07) is 10.8. The van der Waals surface area contributed by atoms with Gasteiger partial charge in [-0.25, -0.2) is 0 Å². The van der Waals surface area contributed by atoms with Crippen LogP contribution in [-0.4, -0.2) is 41.9 Å². The summed E-state index contributed by atoms with van der Waals surface area (Å²) in [5, 5.41) is 0. The highest BCUT2D eigenvalue weighted by Gasteiger charge is 2.43. The molecule has 1 amide bonds. The molecule has 4 rings (SSSR count). The molecule has 0 unspecified atom stereocenters. The van der Waals surface area contributed by atoms with Crippen molar-refractivity contribution in [2.75, 3.05) is 26.2 Å². The molecule has 4 heteroatoms. The second-order valence-electron chi connectivity index (χ2n) is 8.65. The van der Waals surface area contributed by atoms with Gasteiger partial charge in [-0.3, -0.25) is 9.69 Å². The van der Waals surface area contributed by atoms with E-state index >= 15 is 0 Å². The Morgan fingerprint density at radius 2 is 1.96 bits per heavy atom. The molecule has 144 valence electrons. The fraction of sp³-hybridized carbons (Fsp3) is 0.522. The van der Waals surface area contributed by atoms with Crippen molar-refractivity contribution < 1.29 is 9.21 Å². The third-order valence-electron chi connectivity index (χ3n) is 6.19. The highest BCUT2D eigenvalue weighted by molar-refractivity contribution is 5.93. The van der Waals surface area contributed by atoms with Gasteiger partial charge < -0.3 is 9.32 Å². The van der Waals surface area contributed by atoms with Gasteiger partial charge in [0.2, 0.25) is 0 Å². The van der Waals surface area contributed by atoms with Crippen LogP contribution in [0.1, 0.15) is 52.3 Å². The van der Waals surface area contributed by atoms with E-state index in [0.717, 1.165) is 50.5 Å². The van der Waals surface area contributed by atoms with Crippen LogP contribution in [0.2, 0.25) is 0 Å². The number of amides is 1. The fourth-order valence-electron chi connectivity index (χ4n) is 4.95. The molecule has 1 aromatic carbocycles. The molecule has 27 heavy (non-hydrogen) atoms.